The van der Waals surface area contributed by atoms with Crippen molar-refractivity contribution in [3.63, 3.8) is 0 Å². The van der Waals surface area contributed by atoms with Gasteiger partial charge in [-0.3, -0.25) is 4.98 Å². The van der Waals surface area contributed by atoms with Gasteiger partial charge in [-0.05, 0) is 30.9 Å². The van der Waals surface area contributed by atoms with Gasteiger partial charge in [0, 0.05) is 12.7 Å². The predicted molar refractivity (Wildman–Crippen MR) is 56.5 cm³/mol. The van der Waals surface area contributed by atoms with Crippen LogP contribution in [0.5, 0.6) is 5.75 Å². The normalized spacial score (nSPS) is 19.7. The minimum atomic E-state index is -1.02. The van der Waals surface area contributed by atoms with Crippen LogP contribution >= 0.6 is 0 Å². The van der Waals surface area contributed by atoms with Crippen LogP contribution in [0.25, 0.3) is 0 Å². The summed E-state index contributed by atoms with van der Waals surface area (Å²) in [4.78, 5) is 4.20. The first kappa shape index (κ1) is 10.4. The van der Waals surface area contributed by atoms with Gasteiger partial charge in [-0.25, -0.2) is 0 Å². The fourth-order valence-corrected chi connectivity index (χ4v) is 1.90. The van der Waals surface area contributed by atoms with Gasteiger partial charge in [-0.2, -0.15) is 0 Å². The standard InChI is InChI=1S/C11H16N2O2/c1-15-9-3-2-6-13-10(9)11(14,7-12)8-4-5-8/h2-3,6,8,14H,4-5,7,12H2,1H3. The molecule has 1 heterocycles. The topological polar surface area (TPSA) is 68.4 Å². The van der Waals surface area contributed by atoms with E-state index in [1.54, 1.807) is 25.4 Å². The Morgan fingerprint density at radius 1 is 1.67 bits per heavy atom. The fraction of sp³-hybridized carbons (Fsp3) is 0.545. The molecule has 1 aromatic rings. The van der Waals surface area contributed by atoms with Crippen LogP contribution in [0.15, 0.2) is 18.3 Å². The number of nitrogens with two attached hydrogens (primary N) is 1. The molecule has 1 saturated carbocycles. The van der Waals surface area contributed by atoms with Gasteiger partial charge in [0.05, 0.1) is 7.11 Å². The Morgan fingerprint density at radius 2 is 2.40 bits per heavy atom. The largest absolute Gasteiger partial charge is 0.495 e. The third-order valence-electron chi connectivity index (χ3n) is 2.96. The van der Waals surface area contributed by atoms with E-state index in [4.69, 9.17) is 10.5 Å². The number of hydrogen-bond acceptors (Lipinski definition) is 4. The molecule has 0 aliphatic heterocycles. The molecule has 0 spiro atoms. The zero-order valence-electron chi connectivity index (χ0n) is 8.81. The molecule has 3 N–H and O–H groups in total. The zero-order valence-corrected chi connectivity index (χ0v) is 8.81. The number of nitrogens with zero attached hydrogens (tertiary/aromatic N) is 1. The Labute approximate surface area is 89.1 Å². The van der Waals surface area contributed by atoms with Crippen LogP contribution in [-0.2, 0) is 5.60 Å². The van der Waals surface area contributed by atoms with Gasteiger partial charge in [-0.15, -0.1) is 0 Å². The molecule has 1 atom stereocenters. The lowest BCUT2D eigenvalue weighted by molar-refractivity contribution is 0.0155. The van der Waals surface area contributed by atoms with E-state index in [9.17, 15) is 5.11 Å². The molecular weight excluding hydrogens is 192 g/mol. The van der Waals surface area contributed by atoms with Crippen LogP contribution in [0, 0.1) is 5.92 Å². The molecule has 1 aliphatic carbocycles. The molecule has 1 unspecified atom stereocenters. The number of hydrogen-bond donors (Lipinski definition) is 2. The highest BCUT2D eigenvalue weighted by Gasteiger charge is 2.46. The Balaban J connectivity index is 2.41. The molecule has 4 nitrogen and oxygen atoms in total. The average Bonchev–Trinajstić information content (AvgIpc) is 3.12. The SMILES string of the molecule is COc1cccnc1C(O)(CN)C1CC1. The molecule has 1 aliphatic rings. The quantitative estimate of drug-likeness (QED) is 0.762. The van der Waals surface area contributed by atoms with Gasteiger partial charge < -0.3 is 15.6 Å². The lowest BCUT2D eigenvalue weighted by Crippen LogP contribution is -2.38. The number of aliphatic hydroxyl groups is 1. The van der Waals surface area contributed by atoms with Gasteiger partial charge in [0.25, 0.3) is 0 Å². The van der Waals surface area contributed by atoms with Crippen molar-refractivity contribution in [1.29, 1.82) is 0 Å². The second-order valence-corrected chi connectivity index (χ2v) is 3.96. The molecule has 15 heavy (non-hydrogen) atoms. The minimum Gasteiger partial charge on any atom is -0.495 e. The van der Waals surface area contributed by atoms with E-state index in [1.165, 1.54) is 0 Å². The second-order valence-electron chi connectivity index (χ2n) is 3.96. The van der Waals surface area contributed by atoms with Gasteiger partial charge in [0.2, 0.25) is 0 Å². The lowest BCUT2D eigenvalue weighted by Gasteiger charge is -2.27. The van der Waals surface area contributed by atoms with Gasteiger partial charge in [0.1, 0.15) is 17.0 Å². The third-order valence-corrected chi connectivity index (χ3v) is 2.96. The van der Waals surface area contributed by atoms with Crippen LogP contribution in [0.3, 0.4) is 0 Å². The molecule has 82 valence electrons. The van der Waals surface area contributed by atoms with E-state index in [0.29, 0.717) is 11.4 Å². The van der Waals surface area contributed by atoms with Crippen LogP contribution < -0.4 is 10.5 Å². The third kappa shape index (κ3) is 1.70. The highest BCUT2D eigenvalue weighted by Crippen LogP contribution is 2.46. The van der Waals surface area contributed by atoms with E-state index in [2.05, 4.69) is 4.98 Å². The predicted octanol–water partition coefficient (Wildman–Crippen LogP) is 0.646. The summed E-state index contributed by atoms with van der Waals surface area (Å²) in [7, 11) is 1.57. The summed E-state index contributed by atoms with van der Waals surface area (Å²) in [6.45, 7) is 0.186. The van der Waals surface area contributed by atoms with Crippen molar-refractivity contribution in [2.24, 2.45) is 11.7 Å². The maximum atomic E-state index is 10.5. The Hall–Kier alpha value is -1.13. The molecule has 0 radical (unpaired) electrons. The molecule has 0 aromatic carbocycles. The summed E-state index contributed by atoms with van der Waals surface area (Å²) >= 11 is 0. The summed E-state index contributed by atoms with van der Waals surface area (Å²) in [5.41, 5.74) is 5.20. The van der Waals surface area contributed by atoms with Gasteiger partial charge >= 0.3 is 0 Å². The van der Waals surface area contributed by atoms with Crippen LogP contribution in [0.4, 0.5) is 0 Å². The van der Waals surface area contributed by atoms with E-state index < -0.39 is 5.60 Å². The molecular formula is C11H16N2O2. The first-order valence-corrected chi connectivity index (χ1v) is 5.14. The fourth-order valence-electron chi connectivity index (χ4n) is 1.90. The second kappa shape index (κ2) is 3.79. The molecule has 0 saturated heterocycles. The van der Waals surface area contributed by atoms with Crippen molar-refractivity contribution in [2.75, 3.05) is 13.7 Å². The Kier molecular flexibility index (Phi) is 2.63. The van der Waals surface area contributed by atoms with Crippen LogP contribution in [0.1, 0.15) is 18.5 Å². The molecule has 0 bridgehead atoms. The summed E-state index contributed by atoms with van der Waals surface area (Å²) in [5.74, 6) is 0.837. The smallest absolute Gasteiger partial charge is 0.143 e. The number of pyridine rings is 1. The van der Waals surface area contributed by atoms with E-state index in [1.807, 2.05) is 0 Å². The molecule has 1 fully saturated rings. The highest BCUT2D eigenvalue weighted by molar-refractivity contribution is 5.33. The summed E-state index contributed by atoms with van der Waals surface area (Å²) in [6.07, 6.45) is 3.67. The summed E-state index contributed by atoms with van der Waals surface area (Å²) in [6, 6.07) is 3.58. The van der Waals surface area contributed by atoms with E-state index >= 15 is 0 Å². The van der Waals surface area contributed by atoms with Crippen LogP contribution in [-0.4, -0.2) is 23.7 Å². The lowest BCUT2D eigenvalue weighted by atomic mass is 9.92. The highest BCUT2D eigenvalue weighted by atomic mass is 16.5. The molecule has 4 heteroatoms. The maximum Gasteiger partial charge on any atom is 0.143 e. The van der Waals surface area contributed by atoms with Crippen molar-refractivity contribution in [3.05, 3.63) is 24.0 Å². The minimum absolute atomic E-state index is 0.186. The van der Waals surface area contributed by atoms with Gasteiger partial charge in [-0.1, -0.05) is 0 Å². The number of methoxy groups -OCH3 is 1. The number of ether oxygens (including phenoxy) is 1. The zero-order chi connectivity index (χ0) is 10.9. The monoisotopic (exact) mass is 208 g/mol. The van der Waals surface area contributed by atoms with Gasteiger partial charge in [0.15, 0.2) is 0 Å². The Morgan fingerprint density at radius 3 is 2.93 bits per heavy atom. The first-order valence-electron chi connectivity index (χ1n) is 5.14. The van der Waals surface area contributed by atoms with Crippen molar-refractivity contribution < 1.29 is 9.84 Å². The summed E-state index contributed by atoms with van der Waals surface area (Å²) < 4.78 is 5.19. The molecule has 2 rings (SSSR count). The van der Waals surface area contributed by atoms with E-state index in [0.717, 1.165) is 12.8 Å². The van der Waals surface area contributed by atoms with Crippen molar-refractivity contribution in [2.45, 2.75) is 18.4 Å². The van der Waals surface area contributed by atoms with Crippen molar-refractivity contribution >= 4 is 0 Å². The molecule has 1 aromatic heterocycles. The van der Waals surface area contributed by atoms with Crippen LogP contribution in [0.2, 0.25) is 0 Å². The first-order chi connectivity index (χ1) is 7.22. The Bertz CT molecular complexity index is 352. The molecule has 0 amide bonds. The van der Waals surface area contributed by atoms with E-state index in [-0.39, 0.29) is 12.5 Å². The average molecular weight is 208 g/mol. The maximum absolute atomic E-state index is 10.5. The van der Waals surface area contributed by atoms with Crippen molar-refractivity contribution in [1.82, 2.24) is 4.98 Å². The van der Waals surface area contributed by atoms with Crippen molar-refractivity contribution in [3.8, 4) is 5.75 Å². The number of rotatable bonds is 4. The summed E-state index contributed by atoms with van der Waals surface area (Å²) in [5, 5.41) is 10.5. The number of aromatic nitrogens is 1.